The number of fused-ring (bicyclic) bond motifs is 1. The van der Waals surface area contributed by atoms with Gasteiger partial charge in [-0.3, -0.25) is 9.52 Å². The van der Waals surface area contributed by atoms with Gasteiger partial charge in [-0.15, -0.1) is 0 Å². The number of nitrogens with one attached hydrogen (secondary N) is 1. The number of carbonyl (C=O) groups excluding carboxylic acids is 1. The van der Waals surface area contributed by atoms with E-state index in [4.69, 9.17) is 0 Å². The lowest BCUT2D eigenvalue weighted by atomic mass is 10.0. The third-order valence-corrected chi connectivity index (χ3v) is 6.69. The first-order valence-corrected chi connectivity index (χ1v) is 11.0. The minimum absolute atomic E-state index is 0.147. The molecule has 0 aromatic heterocycles. The van der Waals surface area contributed by atoms with Crippen molar-refractivity contribution in [3.63, 3.8) is 0 Å². The second-order valence-electron chi connectivity index (χ2n) is 7.31. The molecule has 5 nitrogen and oxygen atoms in total. The van der Waals surface area contributed by atoms with Crippen molar-refractivity contribution >= 4 is 27.3 Å². The first-order chi connectivity index (χ1) is 13.0. The molecule has 0 atom stereocenters. The van der Waals surface area contributed by atoms with Crippen LogP contribution in [0.2, 0.25) is 0 Å². The van der Waals surface area contributed by atoms with Crippen LogP contribution in [0, 0.1) is 5.92 Å². The standard InChI is InChI=1S/C21H24N2O3S/c1-2-15-5-11-19(12-6-15)27(25,26)22-18-10-9-16-4-3-13-23(20(16)14-18)21(24)17-7-8-17/h5-6,9-12,14,17,22H,2-4,7-8,13H2,1H3. The predicted molar refractivity (Wildman–Crippen MR) is 106 cm³/mol. The van der Waals surface area contributed by atoms with Crippen LogP contribution in [-0.2, 0) is 27.7 Å². The first kappa shape index (κ1) is 18.0. The van der Waals surface area contributed by atoms with E-state index in [0.29, 0.717) is 12.2 Å². The van der Waals surface area contributed by atoms with Gasteiger partial charge in [-0.05, 0) is 67.5 Å². The molecule has 2 aromatic carbocycles. The highest BCUT2D eigenvalue weighted by molar-refractivity contribution is 7.92. The van der Waals surface area contributed by atoms with Gasteiger partial charge in [-0.2, -0.15) is 0 Å². The normalized spacial score (nSPS) is 16.7. The van der Waals surface area contributed by atoms with Crippen LogP contribution in [0.1, 0.15) is 37.3 Å². The number of aryl methyl sites for hydroxylation is 2. The van der Waals surface area contributed by atoms with Crippen molar-refractivity contribution in [1.82, 2.24) is 0 Å². The highest BCUT2D eigenvalue weighted by Crippen LogP contribution is 2.37. The average molecular weight is 385 g/mol. The Hall–Kier alpha value is -2.34. The molecule has 0 unspecified atom stereocenters. The third-order valence-electron chi connectivity index (χ3n) is 5.29. The number of nitrogens with zero attached hydrogens (tertiary/aromatic N) is 1. The van der Waals surface area contributed by atoms with Crippen molar-refractivity contribution in [2.24, 2.45) is 5.92 Å². The second-order valence-corrected chi connectivity index (χ2v) is 9.00. The zero-order valence-corrected chi connectivity index (χ0v) is 16.3. The smallest absolute Gasteiger partial charge is 0.261 e. The predicted octanol–water partition coefficient (Wildman–Crippen LogP) is 3.74. The summed E-state index contributed by atoms with van der Waals surface area (Å²) in [5.74, 6) is 0.319. The van der Waals surface area contributed by atoms with Gasteiger partial charge < -0.3 is 4.90 Å². The molecule has 1 heterocycles. The highest BCUT2D eigenvalue weighted by Gasteiger charge is 2.35. The minimum atomic E-state index is -3.66. The van der Waals surface area contributed by atoms with Crippen LogP contribution in [0.15, 0.2) is 47.4 Å². The lowest BCUT2D eigenvalue weighted by molar-refractivity contribution is -0.119. The fourth-order valence-corrected chi connectivity index (χ4v) is 4.59. The third kappa shape index (κ3) is 3.72. The summed E-state index contributed by atoms with van der Waals surface area (Å²) in [6, 6.07) is 12.4. The number of hydrogen-bond donors (Lipinski definition) is 1. The largest absolute Gasteiger partial charge is 0.312 e. The van der Waals surface area contributed by atoms with E-state index in [-0.39, 0.29) is 16.7 Å². The molecule has 6 heteroatoms. The van der Waals surface area contributed by atoms with E-state index < -0.39 is 10.0 Å². The van der Waals surface area contributed by atoms with Crippen LogP contribution in [0.4, 0.5) is 11.4 Å². The molecular formula is C21H24N2O3S. The number of carbonyl (C=O) groups is 1. The van der Waals surface area contributed by atoms with Gasteiger partial charge in [0.1, 0.15) is 0 Å². The number of rotatable bonds is 5. The quantitative estimate of drug-likeness (QED) is 0.854. The Morgan fingerprint density at radius 3 is 2.56 bits per heavy atom. The maximum atomic E-state index is 12.7. The highest BCUT2D eigenvalue weighted by atomic mass is 32.2. The van der Waals surface area contributed by atoms with E-state index in [1.54, 1.807) is 24.3 Å². The summed E-state index contributed by atoms with van der Waals surface area (Å²) in [6.45, 7) is 2.74. The Morgan fingerprint density at radius 1 is 1.15 bits per heavy atom. The summed E-state index contributed by atoms with van der Waals surface area (Å²) < 4.78 is 28.1. The molecule has 2 aliphatic rings. The minimum Gasteiger partial charge on any atom is -0.312 e. The Kier molecular flexibility index (Phi) is 4.68. The summed E-state index contributed by atoms with van der Waals surface area (Å²) in [5, 5.41) is 0. The van der Waals surface area contributed by atoms with E-state index in [1.807, 2.05) is 30.0 Å². The molecule has 1 aliphatic carbocycles. The average Bonchev–Trinajstić information content (AvgIpc) is 3.52. The molecule has 0 saturated heterocycles. The summed E-state index contributed by atoms with van der Waals surface area (Å²) in [4.78, 5) is 14.7. The zero-order chi connectivity index (χ0) is 19.0. The van der Waals surface area contributed by atoms with Crippen molar-refractivity contribution in [1.29, 1.82) is 0 Å². The molecule has 2 aromatic rings. The van der Waals surface area contributed by atoms with Crippen LogP contribution >= 0.6 is 0 Å². The molecule has 0 radical (unpaired) electrons. The molecule has 142 valence electrons. The number of benzene rings is 2. The lowest BCUT2D eigenvalue weighted by Gasteiger charge is -2.30. The molecule has 0 spiro atoms. The molecule has 0 bridgehead atoms. The van der Waals surface area contributed by atoms with Crippen molar-refractivity contribution in [3.8, 4) is 0 Å². The van der Waals surface area contributed by atoms with Gasteiger partial charge in [0, 0.05) is 18.2 Å². The molecule has 4 rings (SSSR count). The van der Waals surface area contributed by atoms with Crippen LogP contribution in [-0.4, -0.2) is 20.9 Å². The molecule has 1 saturated carbocycles. The van der Waals surface area contributed by atoms with Gasteiger partial charge in [0.05, 0.1) is 10.6 Å². The van der Waals surface area contributed by atoms with Gasteiger partial charge in [0.25, 0.3) is 10.0 Å². The summed E-state index contributed by atoms with van der Waals surface area (Å²) in [7, 11) is -3.66. The number of sulfonamides is 1. The number of anilines is 2. The van der Waals surface area contributed by atoms with Gasteiger partial charge >= 0.3 is 0 Å². The maximum absolute atomic E-state index is 12.7. The van der Waals surface area contributed by atoms with Crippen molar-refractivity contribution < 1.29 is 13.2 Å². The molecule has 1 N–H and O–H groups in total. The molecule has 1 amide bonds. The Morgan fingerprint density at radius 2 is 1.89 bits per heavy atom. The molecule has 27 heavy (non-hydrogen) atoms. The van der Waals surface area contributed by atoms with E-state index >= 15 is 0 Å². The fourth-order valence-electron chi connectivity index (χ4n) is 3.54. The molecular weight excluding hydrogens is 360 g/mol. The van der Waals surface area contributed by atoms with E-state index in [9.17, 15) is 13.2 Å². The van der Waals surface area contributed by atoms with Crippen molar-refractivity contribution in [2.75, 3.05) is 16.2 Å². The van der Waals surface area contributed by atoms with E-state index in [2.05, 4.69) is 4.72 Å². The van der Waals surface area contributed by atoms with Crippen LogP contribution < -0.4 is 9.62 Å². The maximum Gasteiger partial charge on any atom is 0.261 e. The zero-order valence-electron chi connectivity index (χ0n) is 15.4. The summed E-state index contributed by atoms with van der Waals surface area (Å²) in [5.41, 5.74) is 3.53. The Balaban J connectivity index is 1.60. The second kappa shape index (κ2) is 7.00. The van der Waals surface area contributed by atoms with Gasteiger partial charge in [-0.1, -0.05) is 25.1 Å². The SMILES string of the molecule is CCc1ccc(S(=O)(=O)Nc2ccc3c(c2)N(C(=O)C2CC2)CCC3)cc1. The van der Waals surface area contributed by atoms with E-state index in [1.165, 1.54) is 0 Å². The van der Waals surface area contributed by atoms with Crippen LogP contribution in [0.5, 0.6) is 0 Å². The van der Waals surface area contributed by atoms with Gasteiger partial charge in [0.15, 0.2) is 0 Å². The van der Waals surface area contributed by atoms with Gasteiger partial charge in [0.2, 0.25) is 5.91 Å². The Labute approximate surface area is 160 Å². The van der Waals surface area contributed by atoms with Crippen LogP contribution in [0.3, 0.4) is 0 Å². The summed E-state index contributed by atoms with van der Waals surface area (Å²) in [6.07, 6.45) is 4.65. The molecule has 1 aliphatic heterocycles. The topological polar surface area (TPSA) is 66.5 Å². The monoisotopic (exact) mass is 384 g/mol. The van der Waals surface area contributed by atoms with Crippen molar-refractivity contribution in [3.05, 3.63) is 53.6 Å². The van der Waals surface area contributed by atoms with Crippen LogP contribution in [0.25, 0.3) is 0 Å². The lowest BCUT2D eigenvalue weighted by Crippen LogP contribution is -2.36. The molecule has 1 fully saturated rings. The number of amides is 1. The summed E-state index contributed by atoms with van der Waals surface area (Å²) >= 11 is 0. The number of hydrogen-bond acceptors (Lipinski definition) is 3. The van der Waals surface area contributed by atoms with E-state index in [0.717, 1.165) is 48.9 Å². The van der Waals surface area contributed by atoms with Gasteiger partial charge in [-0.25, -0.2) is 8.42 Å². The Bertz CT molecular complexity index is 963. The fraction of sp³-hybridized carbons (Fsp3) is 0.381. The van der Waals surface area contributed by atoms with Crippen molar-refractivity contribution in [2.45, 2.75) is 43.9 Å². The first-order valence-electron chi connectivity index (χ1n) is 9.54.